The highest BCUT2D eigenvalue weighted by Gasteiger charge is 2.26. The second-order valence-corrected chi connectivity index (χ2v) is 8.68. The lowest BCUT2D eigenvalue weighted by Crippen LogP contribution is -2.38. The second kappa shape index (κ2) is 10.4. The van der Waals surface area contributed by atoms with Crippen molar-refractivity contribution in [1.82, 2.24) is 9.97 Å². The Morgan fingerprint density at radius 2 is 1.75 bits per heavy atom. The predicted molar refractivity (Wildman–Crippen MR) is 131 cm³/mol. The molecule has 1 N–H and O–H groups in total. The Labute approximate surface area is 190 Å². The number of nitrogens with one attached hydrogen (secondary N) is 1. The third kappa shape index (κ3) is 5.52. The van der Waals surface area contributed by atoms with Crippen LogP contribution in [0.3, 0.4) is 0 Å². The summed E-state index contributed by atoms with van der Waals surface area (Å²) >= 11 is 0. The van der Waals surface area contributed by atoms with Gasteiger partial charge < -0.3 is 10.2 Å². The molecule has 1 aliphatic heterocycles. The molecule has 0 bridgehead atoms. The number of hydrogen-bond donors (Lipinski definition) is 1. The van der Waals surface area contributed by atoms with Gasteiger partial charge in [-0.2, -0.15) is 0 Å². The number of anilines is 2. The summed E-state index contributed by atoms with van der Waals surface area (Å²) in [7, 11) is 0. The number of carbonyl (C=O) groups is 1. The molecule has 166 valence electrons. The molecule has 3 aromatic rings. The molecule has 1 aromatic heterocycles. The standard InChI is InChI=1S/C27H32N4O/c1-3-4-5-21-8-12-24(13-9-21)30-27(32)23-14-16-31(17-15-23)26-18-25(28-19-29-26)22-10-6-20(2)7-11-22/h6-13,18-19,23H,3-5,14-17H2,1-2H3,(H,30,32). The van der Waals surface area contributed by atoms with Crippen LogP contribution in [0.5, 0.6) is 0 Å². The number of rotatable bonds is 7. The van der Waals surface area contributed by atoms with E-state index in [9.17, 15) is 4.79 Å². The van der Waals surface area contributed by atoms with E-state index in [1.165, 1.54) is 24.0 Å². The van der Waals surface area contributed by atoms with Gasteiger partial charge in [0.2, 0.25) is 5.91 Å². The van der Waals surface area contributed by atoms with Crippen LogP contribution < -0.4 is 10.2 Å². The van der Waals surface area contributed by atoms with E-state index < -0.39 is 0 Å². The number of piperidine rings is 1. The molecule has 1 aliphatic rings. The number of nitrogens with zero attached hydrogens (tertiary/aromatic N) is 3. The number of amides is 1. The number of benzene rings is 2. The van der Waals surface area contributed by atoms with E-state index in [0.717, 1.165) is 55.1 Å². The highest BCUT2D eigenvalue weighted by atomic mass is 16.1. The molecule has 0 unspecified atom stereocenters. The lowest BCUT2D eigenvalue weighted by Gasteiger charge is -2.32. The van der Waals surface area contributed by atoms with Gasteiger partial charge in [0.1, 0.15) is 12.1 Å². The number of aromatic nitrogens is 2. The summed E-state index contributed by atoms with van der Waals surface area (Å²) < 4.78 is 0. The molecular weight excluding hydrogens is 396 g/mol. The van der Waals surface area contributed by atoms with Crippen molar-refractivity contribution in [1.29, 1.82) is 0 Å². The zero-order chi connectivity index (χ0) is 22.3. The third-order valence-electron chi connectivity index (χ3n) is 6.23. The van der Waals surface area contributed by atoms with Gasteiger partial charge in [-0.15, -0.1) is 0 Å². The molecule has 5 nitrogen and oxygen atoms in total. The van der Waals surface area contributed by atoms with E-state index in [0.29, 0.717) is 0 Å². The third-order valence-corrected chi connectivity index (χ3v) is 6.23. The summed E-state index contributed by atoms with van der Waals surface area (Å²) in [6, 6.07) is 18.7. The smallest absolute Gasteiger partial charge is 0.227 e. The van der Waals surface area contributed by atoms with Gasteiger partial charge in [-0.05, 0) is 50.3 Å². The SMILES string of the molecule is CCCCc1ccc(NC(=O)C2CCN(c3cc(-c4ccc(C)cc4)ncn3)CC2)cc1. The molecule has 2 aromatic carbocycles. The van der Waals surface area contributed by atoms with Crippen LogP contribution in [0.4, 0.5) is 11.5 Å². The maximum absolute atomic E-state index is 12.8. The van der Waals surface area contributed by atoms with Crippen molar-refractivity contribution in [3.05, 3.63) is 72.1 Å². The Morgan fingerprint density at radius 3 is 2.44 bits per heavy atom. The van der Waals surface area contributed by atoms with Crippen molar-refractivity contribution < 1.29 is 4.79 Å². The molecule has 0 spiro atoms. The molecule has 0 saturated carbocycles. The van der Waals surface area contributed by atoms with Crippen LogP contribution in [0, 0.1) is 12.8 Å². The van der Waals surface area contributed by atoms with E-state index in [-0.39, 0.29) is 11.8 Å². The van der Waals surface area contributed by atoms with Crippen LogP contribution in [-0.4, -0.2) is 29.0 Å². The molecule has 1 fully saturated rings. The van der Waals surface area contributed by atoms with Gasteiger partial charge in [0.15, 0.2) is 0 Å². The van der Waals surface area contributed by atoms with Gasteiger partial charge in [0.05, 0.1) is 5.69 Å². The van der Waals surface area contributed by atoms with Crippen LogP contribution >= 0.6 is 0 Å². The molecule has 1 saturated heterocycles. The topological polar surface area (TPSA) is 58.1 Å². The quantitative estimate of drug-likeness (QED) is 0.528. The Hall–Kier alpha value is -3.21. The predicted octanol–water partition coefficient (Wildman–Crippen LogP) is 5.65. The molecule has 32 heavy (non-hydrogen) atoms. The summed E-state index contributed by atoms with van der Waals surface area (Å²) in [5, 5.41) is 3.10. The minimum atomic E-state index is 0.0319. The van der Waals surface area contributed by atoms with E-state index in [1.54, 1.807) is 6.33 Å². The van der Waals surface area contributed by atoms with Gasteiger partial charge in [-0.25, -0.2) is 9.97 Å². The first-order valence-electron chi connectivity index (χ1n) is 11.7. The Bertz CT molecular complexity index is 1020. The second-order valence-electron chi connectivity index (χ2n) is 8.68. The summed E-state index contributed by atoms with van der Waals surface area (Å²) in [5.74, 6) is 1.08. The van der Waals surface area contributed by atoms with Crippen molar-refractivity contribution >= 4 is 17.4 Å². The minimum absolute atomic E-state index is 0.0319. The van der Waals surface area contributed by atoms with Gasteiger partial charge in [-0.3, -0.25) is 4.79 Å². The Morgan fingerprint density at radius 1 is 1.03 bits per heavy atom. The number of aryl methyl sites for hydroxylation is 2. The highest BCUT2D eigenvalue weighted by Crippen LogP contribution is 2.26. The van der Waals surface area contributed by atoms with Crippen molar-refractivity contribution in [2.24, 2.45) is 5.92 Å². The zero-order valence-corrected chi connectivity index (χ0v) is 19.1. The fourth-order valence-electron chi connectivity index (χ4n) is 4.15. The average Bonchev–Trinajstić information content (AvgIpc) is 2.84. The summed E-state index contributed by atoms with van der Waals surface area (Å²) in [4.78, 5) is 24.0. The number of carbonyl (C=O) groups excluding carboxylic acids is 1. The van der Waals surface area contributed by atoms with Gasteiger partial charge in [-0.1, -0.05) is 55.3 Å². The largest absolute Gasteiger partial charge is 0.356 e. The van der Waals surface area contributed by atoms with Crippen LogP contribution in [-0.2, 0) is 11.2 Å². The highest BCUT2D eigenvalue weighted by molar-refractivity contribution is 5.92. The zero-order valence-electron chi connectivity index (χ0n) is 19.1. The summed E-state index contributed by atoms with van der Waals surface area (Å²) in [5.41, 5.74) is 5.46. The molecule has 0 radical (unpaired) electrons. The molecule has 2 heterocycles. The van der Waals surface area contributed by atoms with Gasteiger partial charge in [0.25, 0.3) is 0 Å². The molecule has 4 rings (SSSR count). The van der Waals surface area contributed by atoms with Crippen LogP contribution in [0.25, 0.3) is 11.3 Å². The van der Waals surface area contributed by atoms with Crippen molar-refractivity contribution in [2.45, 2.75) is 46.0 Å². The minimum Gasteiger partial charge on any atom is -0.356 e. The maximum atomic E-state index is 12.8. The lowest BCUT2D eigenvalue weighted by molar-refractivity contribution is -0.120. The fraction of sp³-hybridized carbons (Fsp3) is 0.370. The first-order valence-corrected chi connectivity index (χ1v) is 11.7. The monoisotopic (exact) mass is 428 g/mol. The van der Waals surface area contributed by atoms with E-state index in [1.807, 2.05) is 18.2 Å². The van der Waals surface area contributed by atoms with Crippen molar-refractivity contribution in [2.75, 3.05) is 23.3 Å². The first-order chi connectivity index (χ1) is 15.6. The Balaban J connectivity index is 1.32. The molecule has 5 heteroatoms. The number of unbranched alkanes of at least 4 members (excludes halogenated alkanes) is 1. The van der Waals surface area contributed by atoms with E-state index in [4.69, 9.17) is 0 Å². The van der Waals surface area contributed by atoms with Crippen LogP contribution in [0.2, 0.25) is 0 Å². The van der Waals surface area contributed by atoms with Crippen molar-refractivity contribution in [3.8, 4) is 11.3 Å². The Kier molecular flexibility index (Phi) is 7.15. The normalized spacial score (nSPS) is 14.4. The maximum Gasteiger partial charge on any atom is 0.227 e. The van der Waals surface area contributed by atoms with E-state index in [2.05, 4.69) is 70.4 Å². The average molecular weight is 429 g/mol. The molecule has 0 aliphatic carbocycles. The summed E-state index contributed by atoms with van der Waals surface area (Å²) in [6.07, 6.45) is 6.77. The van der Waals surface area contributed by atoms with E-state index >= 15 is 0 Å². The van der Waals surface area contributed by atoms with Crippen molar-refractivity contribution in [3.63, 3.8) is 0 Å². The molecular formula is C27H32N4O. The molecule has 1 amide bonds. The van der Waals surface area contributed by atoms with Gasteiger partial charge >= 0.3 is 0 Å². The summed E-state index contributed by atoms with van der Waals surface area (Å²) in [6.45, 7) is 5.92. The molecule has 0 atom stereocenters. The van der Waals surface area contributed by atoms with Gasteiger partial charge in [0, 0.05) is 36.3 Å². The van der Waals surface area contributed by atoms with Crippen LogP contribution in [0.1, 0.15) is 43.7 Å². The first kappa shape index (κ1) is 22.0. The number of hydrogen-bond acceptors (Lipinski definition) is 4. The lowest BCUT2D eigenvalue weighted by atomic mass is 9.95. The van der Waals surface area contributed by atoms with Crippen LogP contribution in [0.15, 0.2) is 60.9 Å². The fourth-order valence-corrected chi connectivity index (χ4v) is 4.15.